The van der Waals surface area contributed by atoms with E-state index in [1.165, 1.54) is 22.7 Å². The van der Waals surface area contributed by atoms with Gasteiger partial charge in [-0.05, 0) is 47.7 Å². The van der Waals surface area contributed by atoms with Gasteiger partial charge in [-0.3, -0.25) is 0 Å². The van der Waals surface area contributed by atoms with Crippen molar-refractivity contribution in [3.05, 3.63) is 56.2 Å². The molecule has 116 valence electrons. The van der Waals surface area contributed by atoms with Gasteiger partial charge in [0.15, 0.2) is 5.76 Å². The third kappa shape index (κ3) is 2.87. The predicted molar refractivity (Wildman–Crippen MR) is 86.8 cm³/mol. The molecule has 0 aliphatic carbocycles. The first-order valence-corrected chi connectivity index (χ1v) is 9.80. The van der Waals surface area contributed by atoms with Crippen molar-refractivity contribution in [2.75, 3.05) is 0 Å². The second-order valence-corrected chi connectivity index (χ2v) is 8.19. The number of thiophene rings is 2. The lowest BCUT2D eigenvalue weighted by atomic mass is 10.1. The molecule has 5 nitrogen and oxygen atoms in total. The van der Waals surface area contributed by atoms with Crippen molar-refractivity contribution in [1.29, 1.82) is 0 Å². The smallest absolute Gasteiger partial charge is 0.246 e. The fourth-order valence-corrected chi connectivity index (χ4v) is 5.35. The van der Waals surface area contributed by atoms with Crippen LogP contribution in [0.25, 0.3) is 0 Å². The Hall–Kier alpha value is -1.48. The molecule has 0 aliphatic heterocycles. The van der Waals surface area contributed by atoms with Crippen LogP contribution in [-0.4, -0.2) is 13.6 Å². The molecule has 0 radical (unpaired) electrons. The molecule has 3 heterocycles. The van der Waals surface area contributed by atoms with Crippen LogP contribution in [-0.2, 0) is 10.0 Å². The van der Waals surface area contributed by atoms with Crippen LogP contribution in [0.4, 0.5) is 0 Å². The van der Waals surface area contributed by atoms with E-state index >= 15 is 0 Å². The van der Waals surface area contributed by atoms with Crippen molar-refractivity contribution < 1.29 is 12.9 Å². The van der Waals surface area contributed by atoms with Gasteiger partial charge >= 0.3 is 0 Å². The second-order valence-electron chi connectivity index (χ2n) is 4.78. The first-order valence-electron chi connectivity index (χ1n) is 6.50. The Morgan fingerprint density at radius 3 is 2.64 bits per heavy atom. The van der Waals surface area contributed by atoms with Crippen LogP contribution in [0.2, 0.25) is 0 Å². The van der Waals surface area contributed by atoms with Crippen molar-refractivity contribution in [3.63, 3.8) is 0 Å². The minimum Gasteiger partial charge on any atom is -0.360 e. The van der Waals surface area contributed by atoms with Crippen LogP contribution in [0.5, 0.6) is 0 Å². The Morgan fingerprint density at radius 1 is 1.27 bits per heavy atom. The summed E-state index contributed by atoms with van der Waals surface area (Å²) in [6.07, 6.45) is 0. The van der Waals surface area contributed by atoms with Gasteiger partial charge in [0.05, 0.1) is 6.04 Å². The molecule has 22 heavy (non-hydrogen) atoms. The van der Waals surface area contributed by atoms with E-state index in [-0.39, 0.29) is 4.90 Å². The van der Waals surface area contributed by atoms with Gasteiger partial charge in [-0.15, -0.1) is 11.3 Å². The minimum atomic E-state index is -3.72. The minimum absolute atomic E-state index is 0.115. The molecule has 1 N–H and O–H groups in total. The zero-order chi connectivity index (χ0) is 15.7. The fraction of sp³-hybridized carbons (Fsp3) is 0.214. The molecule has 0 saturated heterocycles. The summed E-state index contributed by atoms with van der Waals surface area (Å²) in [5.41, 5.74) is 1.28. The van der Waals surface area contributed by atoms with Crippen LogP contribution >= 0.6 is 22.7 Å². The third-order valence-corrected chi connectivity index (χ3v) is 6.52. The van der Waals surface area contributed by atoms with E-state index in [2.05, 4.69) is 9.88 Å². The number of aryl methyl sites for hydroxylation is 2. The van der Waals surface area contributed by atoms with Crippen LogP contribution in [0.1, 0.15) is 27.9 Å². The Labute approximate surface area is 136 Å². The zero-order valence-corrected chi connectivity index (χ0v) is 14.4. The van der Waals surface area contributed by atoms with Gasteiger partial charge in [-0.2, -0.15) is 16.1 Å². The molecule has 3 aromatic heterocycles. The van der Waals surface area contributed by atoms with Crippen LogP contribution in [0.15, 0.2) is 43.8 Å². The predicted octanol–water partition coefficient (Wildman–Crippen LogP) is 3.48. The maximum absolute atomic E-state index is 12.7. The number of hydrogen-bond donors (Lipinski definition) is 1. The third-order valence-electron chi connectivity index (χ3n) is 3.21. The Kier molecular flexibility index (Phi) is 4.18. The van der Waals surface area contributed by atoms with Crippen molar-refractivity contribution >= 4 is 32.7 Å². The average Bonchev–Trinajstić information content (AvgIpc) is 3.17. The van der Waals surface area contributed by atoms with Gasteiger partial charge in [0.2, 0.25) is 10.0 Å². The summed E-state index contributed by atoms with van der Waals surface area (Å²) in [6.45, 7) is 3.22. The van der Waals surface area contributed by atoms with Crippen LogP contribution < -0.4 is 4.72 Å². The van der Waals surface area contributed by atoms with Crippen LogP contribution in [0.3, 0.4) is 0 Å². The highest BCUT2D eigenvalue weighted by Gasteiger charge is 2.29. The lowest BCUT2D eigenvalue weighted by molar-refractivity contribution is 0.390. The lowest BCUT2D eigenvalue weighted by Gasteiger charge is -2.16. The summed E-state index contributed by atoms with van der Waals surface area (Å²) in [7, 11) is -3.72. The first-order chi connectivity index (χ1) is 10.5. The van der Waals surface area contributed by atoms with E-state index in [1.807, 2.05) is 34.3 Å². The average molecular weight is 354 g/mol. The van der Waals surface area contributed by atoms with E-state index in [1.54, 1.807) is 13.8 Å². The molecule has 0 fully saturated rings. The van der Waals surface area contributed by atoms with Gasteiger partial charge in [-0.25, -0.2) is 8.42 Å². The number of rotatable bonds is 5. The van der Waals surface area contributed by atoms with E-state index in [4.69, 9.17) is 4.52 Å². The Bertz CT molecular complexity index is 796. The summed E-state index contributed by atoms with van der Waals surface area (Å²) in [5, 5.41) is 9.53. The molecule has 0 bridgehead atoms. The molecule has 3 aromatic rings. The van der Waals surface area contributed by atoms with Gasteiger partial charge in [0, 0.05) is 4.88 Å². The van der Waals surface area contributed by atoms with E-state index in [0.717, 1.165) is 10.4 Å². The molecule has 3 rings (SSSR count). The number of sulfonamides is 1. The highest BCUT2D eigenvalue weighted by Crippen LogP contribution is 2.30. The van der Waals surface area contributed by atoms with Crippen molar-refractivity contribution in [2.45, 2.75) is 24.8 Å². The molecular formula is C14H14N2O3S3. The maximum Gasteiger partial charge on any atom is 0.246 e. The highest BCUT2D eigenvalue weighted by molar-refractivity contribution is 7.89. The summed E-state index contributed by atoms with van der Waals surface area (Å²) in [6, 6.07) is 5.34. The number of nitrogens with one attached hydrogen (secondary N) is 1. The molecule has 1 atom stereocenters. The first kappa shape index (κ1) is 15.4. The SMILES string of the molecule is Cc1noc(C)c1S(=O)(=O)N[C@@H](c1ccsc1)c1cccs1. The quantitative estimate of drug-likeness (QED) is 0.761. The standard InChI is InChI=1S/C14H14N2O3S3/c1-9-14(10(2)19-15-9)22(17,18)16-13(11-5-7-20-8-11)12-4-3-6-21-12/h3-8,13,16H,1-2H3/t13-/m0/s1. The number of aromatic nitrogens is 1. The van der Waals surface area contributed by atoms with Gasteiger partial charge < -0.3 is 4.52 Å². The van der Waals surface area contributed by atoms with Gasteiger partial charge in [-0.1, -0.05) is 11.2 Å². The Balaban J connectivity index is 2.01. The van der Waals surface area contributed by atoms with E-state index in [9.17, 15) is 8.42 Å². The molecule has 0 spiro atoms. The van der Waals surface area contributed by atoms with Gasteiger partial charge in [0.25, 0.3) is 0 Å². The summed E-state index contributed by atoms with van der Waals surface area (Å²) in [5.74, 6) is 0.292. The van der Waals surface area contributed by atoms with Crippen LogP contribution in [0, 0.1) is 13.8 Å². The Morgan fingerprint density at radius 2 is 2.09 bits per heavy atom. The summed E-state index contributed by atoms with van der Waals surface area (Å²) >= 11 is 3.05. The largest absolute Gasteiger partial charge is 0.360 e. The van der Waals surface area contributed by atoms with E-state index in [0.29, 0.717) is 11.5 Å². The van der Waals surface area contributed by atoms with Gasteiger partial charge in [0.1, 0.15) is 10.6 Å². The number of nitrogens with zero attached hydrogens (tertiary/aromatic N) is 1. The lowest BCUT2D eigenvalue weighted by Crippen LogP contribution is -2.29. The maximum atomic E-state index is 12.7. The fourth-order valence-electron chi connectivity index (χ4n) is 2.26. The van der Waals surface area contributed by atoms with Crippen molar-refractivity contribution in [3.8, 4) is 0 Å². The molecule has 0 aromatic carbocycles. The monoisotopic (exact) mass is 354 g/mol. The molecule has 0 unspecified atom stereocenters. The molecule has 0 saturated carbocycles. The summed E-state index contributed by atoms with van der Waals surface area (Å²) in [4.78, 5) is 1.05. The molecular weight excluding hydrogens is 340 g/mol. The van der Waals surface area contributed by atoms with Crippen molar-refractivity contribution in [1.82, 2.24) is 9.88 Å². The number of hydrogen-bond acceptors (Lipinski definition) is 6. The van der Waals surface area contributed by atoms with E-state index < -0.39 is 16.1 Å². The normalized spacial score (nSPS) is 13.4. The van der Waals surface area contributed by atoms with Crippen molar-refractivity contribution in [2.24, 2.45) is 0 Å². The highest BCUT2D eigenvalue weighted by atomic mass is 32.2. The zero-order valence-electron chi connectivity index (χ0n) is 11.9. The summed E-state index contributed by atoms with van der Waals surface area (Å²) < 4.78 is 33.2. The molecule has 8 heteroatoms. The molecule has 0 amide bonds. The second kappa shape index (κ2) is 5.96. The molecule has 0 aliphatic rings. The topological polar surface area (TPSA) is 72.2 Å².